The summed E-state index contributed by atoms with van der Waals surface area (Å²) in [5.41, 5.74) is 7.13. The Bertz CT molecular complexity index is 1380. The van der Waals surface area contributed by atoms with Gasteiger partial charge in [0, 0.05) is 17.0 Å². The first-order valence-electron chi connectivity index (χ1n) is 12.5. The minimum Gasteiger partial charge on any atom is -0.473 e. The molecule has 1 unspecified atom stereocenters. The maximum Gasteiger partial charge on any atom is 0.197 e. The quantitative estimate of drug-likeness (QED) is 0.345. The summed E-state index contributed by atoms with van der Waals surface area (Å²) in [7, 11) is 0. The van der Waals surface area contributed by atoms with E-state index in [9.17, 15) is 5.11 Å². The van der Waals surface area contributed by atoms with E-state index in [2.05, 4.69) is 41.4 Å². The molecule has 3 fully saturated rings. The molecule has 7 rings (SSSR count). The maximum absolute atomic E-state index is 10.2. The van der Waals surface area contributed by atoms with Gasteiger partial charge in [-0.3, -0.25) is 0 Å². The molecular formula is C29H27ClN2O3. The number of H-pyrrole nitrogens is 1. The molecule has 3 heterocycles. The van der Waals surface area contributed by atoms with E-state index in [0.717, 1.165) is 65.0 Å². The molecule has 2 aromatic heterocycles. The van der Waals surface area contributed by atoms with Crippen LogP contribution in [-0.2, 0) is 4.74 Å². The van der Waals surface area contributed by atoms with E-state index >= 15 is 0 Å². The number of nitrogens with one attached hydrogen (secondary N) is 1. The van der Waals surface area contributed by atoms with Crippen LogP contribution in [0.3, 0.4) is 0 Å². The molecule has 0 spiro atoms. The number of aromatic amines is 1. The third-order valence-corrected chi connectivity index (χ3v) is 8.06. The molecule has 3 aliphatic rings. The minimum atomic E-state index is -0.379. The first-order valence-corrected chi connectivity index (χ1v) is 12.9. The summed E-state index contributed by atoms with van der Waals surface area (Å²) >= 11 is 6.74. The van der Waals surface area contributed by atoms with Crippen molar-refractivity contribution in [3.05, 3.63) is 71.2 Å². The van der Waals surface area contributed by atoms with Crippen molar-refractivity contribution in [1.29, 1.82) is 0 Å². The summed E-state index contributed by atoms with van der Waals surface area (Å²) < 4.78 is 12.4. The maximum atomic E-state index is 10.2. The molecule has 2 aliphatic carbocycles. The van der Waals surface area contributed by atoms with Crippen molar-refractivity contribution in [2.24, 2.45) is 5.92 Å². The van der Waals surface area contributed by atoms with Gasteiger partial charge in [0.15, 0.2) is 5.88 Å². The van der Waals surface area contributed by atoms with Gasteiger partial charge in [0.05, 0.1) is 40.6 Å². The molecule has 2 saturated carbocycles. The summed E-state index contributed by atoms with van der Waals surface area (Å²) in [6.45, 7) is 0.404. The van der Waals surface area contributed by atoms with Crippen LogP contribution in [0.15, 0.2) is 60.7 Å². The Morgan fingerprint density at radius 2 is 1.69 bits per heavy atom. The van der Waals surface area contributed by atoms with Crippen LogP contribution >= 0.6 is 11.6 Å². The van der Waals surface area contributed by atoms with Crippen molar-refractivity contribution in [1.82, 2.24) is 9.97 Å². The Kier molecular flexibility index (Phi) is 5.12. The van der Waals surface area contributed by atoms with Crippen molar-refractivity contribution in [2.45, 2.75) is 49.9 Å². The van der Waals surface area contributed by atoms with Gasteiger partial charge in [-0.25, -0.2) is 4.98 Å². The van der Waals surface area contributed by atoms with E-state index in [1.54, 1.807) is 0 Å². The van der Waals surface area contributed by atoms with E-state index in [1.165, 1.54) is 5.56 Å². The Labute approximate surface area is 209 Å². The van der Waals surface area contributed by atoms with Crippen LogP contribution in [0.25, 0.3) is 33.4 Å². The van der Waals surface area contributed by atoms with Gasteiger partial charge < -0.3 is 19.6 Å². The summed E-state index contributed by atoms with van der Waals surface area (Å²) in [6, 6.07) is 20.7. The highest BCUT2D eigenvalue weighted by molar-refractivity contribution is 6.33. The third kappa shape index (κ3) is 3.74. The van der Waals surface area contributed by atoms with Crippen LogP contribution in [0.5, 0.6) is 5.88 Å². The van der Waals surface area contributed by atoms with E-state index < -0.39 is 0 Å². The van der Waals surface area contributed by atoms with Gasteiger partial charge >= 0.3 is 0 Å². The number of hydrogen-bond donors (Lipinski definition) is 2. The van der Waals surface area contributed by atoms with E-state index in [0.29, 0.717) is 17.5 Å². The smallest absolute Gasteiger partial charge is 0.197 e. The number of ether oxygens (including phenoxy) is 2. The number of rotatable bonds is 5. The summed E-state index contributed by atoms with van der Waals surface area (Å²) in [5.74, 6) is 1.41. The van der Waals surface area contributed by atoms with Gasteiger partial charge in [-0.1, -0.05) is 66.2 Å². The second-order valence-electron chi connectivity index (χ2n) is 10.1. The lowest BCUT2D eigenvalue weighted by molar-refractivity contribution is 0.0150. The van der Waals surface area contributed by atoms with Crippen molar-refractivity contribution < 1.29 is 14.6 Å². The number of aromatic nitrogens is 2. The number of aliphatic hydroxyl groups excluding tert-OH is 1. The fourth-order valence-electron chi connectivity index (χ4n) is 5.80. The predicted octanol–water partition coefficient (Wildman–Crippen LogP) is 6.34. The zero-order chi connectivity index (χ0) is 23.5. The number of pyridine rings is 1. The van der Waals surface area contributed by atoms with Crippen LogP contribution in [-0.4, -0.2) is 40.0 Å². The molecule has 0 radical (unpaired) electrons. The number of nitrogens with zero attached hydrogens (tertiary/aromatic N) is 1. The molecule has 5 nitrogen and oxygen atoms in total. The molecule has 1 aliphatic heterocycles. The summed E-state index contributed by atoms with van der Waals surface area (Å²) in [4.78, 5) is 8.53. The van der Waals surface area contributed by atoms with Crippen molar-refractivity contribution in [3.8, 4) is 28.3 Å². The molecule has 35 heavy (non-hydrogen) atoms. The molecule has 0 amide bonds. The second-order valence-corrected chi connectivity index (χ2v) is 10.5. The zero-order valence-corrected chi connectivity index (χ0v) is 20.0. The van der Waals surface area contributed by atoms with Crippen molar-refractivity contribution in [2.75, 3.05) is 6.61 Å². The largest absolute Gasteiger partial charge is 0.473 e. The van der Waals surface area contributed by atoms with Crippen LogP contribution in [0.2, 0.25) is 5.02 Å². The second kappa shape index (κ2) is 8.37. The van der Waals surface area contributed by atoms with Crippen LogP contribution in [0, 0.1) is 5.92 Å². The van der Waals surface area contributed by atoms with Gasteiger partial charge in [0.2, 0.25) is 0 Å². The fraction of sp³-hybridized carbons (Fsp3) is 0.345. The highest BCUT2D eigenvalue weighted by Crippen LogP contribution is 2.49. The molecule has 2 aromatic carbocycles. The Hall–Kier alpha value is -2.86. The predicted molar refractivity (Wildman–Crippen MR) is 137 cm³/mol. The molecule has 4 aromatic rings. The monoisotopic (exact) mass is 486 g/mol. The molecule has 6 heteroatoms. The summed E-state index contributed by atoms with van der Waals surface area (Å²) in [6.07, 6.45) is 3.63. The van der Waals surface area contributed by atoms with Gasteiger partial charge in [0.25, 0.3) is 0 Å². The van der Waals surface area contributed by atoms with Crippen LogP contribution in [0.4, 0.5) is 0 Å². The molecular weight excluding hydrogens is 460 g/mol. The van der Waals surface area contributed by atoms with Gasteiger partial charge in [0.1, 0.15) is 6.10 Å². The fourth-order valence-corrected chi connectivity index (χ4v) is 6.06. The number of benzene rings is 2. The molecule has 178 valence electrons. The third-order valence-electron chi connectivity index (χ3n) is 7.77. The van der Waals surface area contributed by atoms with Crippen molar-refractivity contribution in [3.63, 3.8) is 0 Å². The molecule has 4 atom stereocenters. The van der Waals surface area contributed by atoms with E-state index in [1.807, 2.05) is 24.3 Å². The van der Waals surface area contributed by atoms with Gasteiger partial charge in [-0.05, 0) is 48.8 Å². The van der Waals surface area contributed by atoms with Gasteiger partial charge in [-0.15, -0.1) is 0 Å². The number of hydrogen-bond acceptors (Lipinski definition) is 4. The average molecular weight is 487 g/mol. The van der Waals surface area contributed by atoms with Crippen LogP contribution < -0.4 is 4.74 Å². The van der Waals surface area contributed by atoms with E-state index in [-0.39, 0.29) is 24.2 Å². The first kappa shape index (κ1) is 21.4. The zero-order valence-electron chi connectivity index (χ0n) is 19.3. The topological polar surface area (TPSA) is 67.4 Å². The lowest BCUT2D eigenvalue weighted by Crippen LogP contribution is -2.30. The highest BCUT2D eigenvalue weighted by Gasteiger charge is 2.47. The van der Waals surface area contributed by atoms with Crippen molar-refractivity contribution >= 4 is 22.6 Å². The first-order chi connectivity index (χ1) is 17.2. The van der Waals surface area contributed by atoms with Crippen LogP contribution in [0.1, 0.15) is 37.2 Å². The SMILES string of the molecule is O[C@@H]1CO[C@H]2C1CC[C@H]2Oc1[nH]c2cc(Cl)c(-c3ccc(-c4ccccc4)cc3)nc2c1C1CC1. The van der Waals surface area contributed by atoms with E-state index in [4.69, 9.17) is 26.1 Å². The average Bonchev–Trinajstić information content (AvgIpc) is 3.40. The standard InChI is InChI=1S/C29H27ClN2O3/c30-21-14-22-27(32-26(21)19-10-6-17(7-11-19)16-4-2-1-3-5-16)25(18-8-9-18)29(31-22)35-24-13-12-20-23(33)15-34-28(20)24/h1-7,10-11,14,18,20,23-24,28,31,33H,8-9,12-13,15H2/t20?,23-,24-,28+/m1/s1. The highest BCUT2D eigenvalue weighted by atomic mass is 35.5. The van der Waals surface area contributed by atoms with Gasteiger partial charge in [-0.2, -0.15) is 0 Å². The molecule has 1 saturated heterocycles. The number of halogens is 1. The Morgan fingerprint density at radius 3 is 2.46 bits per heavy atom. The lowest BCUT2D eigenvalue weighted by atomic mass is 10.0. The Balaban J connectivity index is 1.24. The molecule has 2 N–H and O–H groups in total. The normalized spacial score (nSPS) is 25.8. The minimum absolute atomic E-state index is 0.0429. The summed E-state index contributed by atoms with van der Waals surface area (Å²) in [5, 5.41) is 10.8. The Morgan fingerprint density at radius 1 is 0.943 bits per heavy atom. The molecule has 0 bridgehead atoms. The number of fused-ring (bicyclic) bond motifs is 2. The lowest BCUT2D eigenvalue weighted by Gasteiger charge is -2.20. The number of aliphatic hydroxyl groups is 1.